The molecule has 1 N–H and O–H groups in total. The number of non-ortho nitro benzene ring substituents is 1. The fourth-order valence-electron chi connectivity index (χ4n) is 2.26. The number of nitrogens with zero attached hydrogens (tertiary/aromatic N) is 1. The van der Waals surface area contributed by atoms with Crippen LogP contribution in [0.4, 0.5) is 5.69 Å². The summed E-state index contributed by atoms with van der Waals surface area (Å²) in [7, 11) is 0. The van der Waals surface area contributed by atoms with Crippen molar-refractivity contribution in [2.45, 2.75) is 26.8 Å². The summed E-state index contributed by atoms with van der Waals surface area (Å²) >= 11 is 0. The summed E-state index contributed by atoms with van der Waals surface area (Å²) in [5.41, 5.74) is 4.22. The third-order valence-electron chi connectivity index (χ3n) is 3.92. The number of carbonyl (C=O) groups excluding carboxylic acids is 1. The molecule has 0 spiro atoms. The third-order valence-corrected chi connectivity index (χ3v) is 3.92. The van der Waals surface area contributed by atoms with E-state index in [4.69, 9.17) is 0 Å². The van der Waals surface area contributed by atoms with Gasteiger partial charge in [-0.15, -0.1) is 0 Å². The van der Waals surface area contributed by atoms with E-state index in [1.54, 1.807) is 18.2 Å². The number of carbonyl (C=O) groups is 1. The van der Waals surface area contributed by atoms with Crippen molar-refractivity contribution in [1.82, 2.24) is 5.32 Å². The van der Waals surface area contributed by atoms with Crippen LogP contribution in [0.3, 0.4) is 0 Å². The number of amides is 1. The number of rotatable bonds is 5. The molecular formula is C19H20N2O3. The highest BCUT2D eigenvalue weighted by molar-refractivity contribution is 5.92. The summed E-state index contributed by atoms with van der Waals surface area (Å²) < 4.78 is 0. The summed E-state index contributed by atoms with van der Waals surface area (Å²) in [5, 5.41) is 13.5. The van der Waals surface area contributed by atoms with E-state index in [-0.39, 0.29) is 17.6 Å². The number of aryl methyl sites for hydroxylation is 2. The molecule has 1 amide bonds. The van der Waals surface area contributed by atoms with Crippen LogP contribution >= 0.6 is 0 Å². The second-order valence-corrected chi connectivity index (χ2v) is 5.76. The first kappa shape index (κ1) is 17.4. The first-order chi connectivity index (χ1) is 11.4. The Kier molecular flexibility index (Phi) is 5.47. The third kappa shape index (κ3) is 4.52. The maximum Gasteiger partial charge on any atom is 0.269 e. The average molecular weight is 324 g/mol. The number of benzene rings is 2. The lowest BCUT2D eigenvalue weighted by atomic mass is 10.0. The van der Waals surface area contributed by atoms with Gasteiger partial charge in [-0.1, -0.05) is 18.2 Å². The Morgan fingerprint density at radius 1 is 1.12 bits per heavy atom. The Labute approximate surface area is 141 Å². The first-order valence-corrected chi connectivity index (χ1v) is 7.67. The molecule has 5 heteroatoms. The summed E-state index contributed by atoms with van der Waals surface area (Å²) in [4.78, 5) is 22.2. The van der Waals surface area contributed by atoms with Crippen LogP contribution in [0.1, 0.15) is 35.2 Å². The van der Waals surface area contributed by atoms with Crippen LogP contribution in [0.2, 0.25) is 0 Å². The molecule has 2 aromatic carbocycles. The molecule has 0 radical (unpaired) electrons. The number of nitro groups is 1. The van der Waals surface area contributed by atoms with Crippen LogP contribution in [-0.2, 0) is 4.79 Å². The van der Waals surface area contributed by atoms with Crippen LogP contribution in [0.5, 0.6) is 0 Å². The smallest absolute Gasteiger partial charge is 0.269 e. The van der Waals surface area contributed by atoms with Gasteiger partial charge in [-0.2, -0.15) is 0 Å². The lowest BCUT2D eigenvalue weighted by Crippen LogP contribution is -2.24. The molecule has 0 aliphatic rings. The minimum absolute atomic E-state index is 0.0277. The highest BCUT2D eigenvalue weighted by Gasteiger charge is 2.08. The molecule has 0 aliphatic carbocycles. The highest BCUT2D eigenvalue weighted by atomic mass is 16.6. The van der Waals surface area contributed by atoms with Crippen molar-refractivity contribution in [3.8, 4) is 0 Å². The van der Waals surface area contributed by atoms with Gasteiger partial charge < -0.3 is 5.32 Å². The Morgan fingerprint density at radius 2 is 1.79 bits per heavy atom. The Morgan fingerprint density at radius 3 is 2.38 bits per heavy atom. The van der Waals surface area contributed by atoms with Crippen molar-refractivity contribution in [3.05, 3.63) is 80.9 Å². The standard InChI is InChI=1S/C19H20N2O3/c1-13-4-8-17(12-14(13)2)15(3)20-19(22)11-7-16-5-9-18(10-6-16)21(23)24/h4-12,15H,1-3H3,(H,20,22)/b11-7+. The fourth-order valence-corrected chi connectivity index (χ4v) is 2.26. The first-order valence-electron chi connectivity index (χ1n) is 7.67. The SMILES string of the molecule is Cc1ccc(C(C)NC(=O)/C=C/c2ccc([N+](=O)[O-])cc2)cc1C. The summed E-state index contributed by atoms with van der Waals surface area (Å²) in [6.07, 6.45) is 3.06. The predicted molar refractivity (Wildman–Crippen MR) is 94.6 cm³/mol. The zero-order valence-corrected chi connectivity index (χ0v) is 13.9. The van der Waals surface area contributed by atoms with Gasteiger partial charge in [0, 0.05) is 18.2 Å². The van der Waals surface area contributed by atoms with E-state index in [9.17, 15) is 14.9 Å². The van der Waals surface area contributed by atoms with E-state index in [1.807, 2.05) is 26.0 Å². The van der Waals surface area contributed by atoms with Crippen molar-refractivity contribution in [2.75, 3.05) is 0 Å². The van der Waals surface area contributed by atoms with Crippen molar-refractivity contribution < 1.29 is 9.72 Å². The van der Waals surface area contributed by atoms with Crippen molar-refractivity contribution >= 4 is 17.7 Å². The molecular weight excluding hydrogens is 304 g/mol. The summed E-state index contributed by atoms with van der Waals surface area (Å²) in [6.45, 7) is 6.03. The lowest BCUT2D eigenvalue weighted by Gasteiger charge is -2.14. The Bertz CT molecular complexity index is 780. The zero-order valence-electron chi connectivity index (χ0n) is 13.9. The van der Waals surface area contributed by atoms with Gasteiger partial charge in [-0.3, -0.25) is 14.9 Å². The van der Waals surface area contributed by atoms with Crippen molar-refractivity contribution in [3.63, 3.8) is 0 Å². The second-order valence-electron chi connectivity index (χ2n) is 5.76. The molecule has 0 saturated heterocycles. The van der Waals surface area contributed by atoms with Gasteiger partial charge >= 0.3 is 0 Å². The van der Waals surface area contributed by atoms with Gasteiger partial charge in [-0.05, 0) is 61.2 Å². The lowest BCUT2D eigenvalue weighted by molar-refractivity contribution is -0.384. The van der Waals surface area contributed by atoms with E-state index in [1.165, 1.54) is 29.3 Å². The second kappa shape index (κ2) is 7.55. The molecule has 0 fully saturated rings. The largest absolute Gasteiger partial charge is 0.346 e. The van der Waals surface area contributed by atoms with E-state index >= 15 is 0 Å². The van der Waals surface area contributed by atoms with Crippen molar-refractivity contribution in [1.29, 1.82) is 0 Å². The van der Waals surface area contributed by atoms with Crippen LogP contribution < -0.4 is 5.32 Å². The molecule has 124 valence electrons. The minimum atomic E-state index is -0.453. The summed E-state index contributed by atoms with van der Waals surface area (Å²) in [5.74, 6) is -0.209. The molecule has 0 aliphatic heterocycles. The molecule has 0 heterocycles. The zero-order chi connectivity index (χ0) is 17.7. The monoisotopic (exact) mass is 324 g/mol. The van der Waals surface area contributed by atoms with Gasteiger partial charge in [0.2, 0.25) is 5.91 Å². The van der Waals surface area contributed by atoms with Crippen LogP contribution in [-0.4, -0.2) is 10.8 Å². The molecule has 1 atom stereocenters. The molecule has 0 saturated carbocycles. The Hall–Kier alpha value is -2.95. The van der Waals surface area contributed by atoms with Gasteiger partial charge in [0.05, 0.1) is 11.0 Å². The van der Waals surface area contributed by atoms with Gasteiger partial charge in [0.25, 0.3) is 5.69 Å². The molecule has 0 aromatic heterocycles. The average Bonchev–Trinajstić information content (AvgIpc) is 2.55. The van der Waals surface area contributed by atoms with Crippen molar-refractivity contribution in [2.24, 2.45) is 0 Å². The van der Waals surface area contributed by atoms with Gasteiger partial charge in [0.15, 0.2) is 0 Å². The van der Waals surface area contributed by atoms with E-state index in [2.05, 4.69) is 18.3 Å². The molecule has 1 unspecified atom stereocenters. The normalized spacial score (nSPS) is 12.1. The van der Waals surface area contributed by atoms with Gasteiger partial charge in [-0.25, -0.2) is 0 Å². The molecule has 5 nitrogen and oxygen atoms in total. The maximum absolute atomic E-state index is 12.0. The maximum atomic E-state index is 12.0. The van der Waals surface area contributed by atoms with E-state index in [0.29, 0.717) is 0 Å². The summed E-state index contributed by atoms with van der Waals surface area (Å²) in [6, 6.07) is 12.1. The molecule has 2 aromatic rings. The number of nitro benzene ring substituents is 1. The van der Waals surface area contributed by atoms with Crippen LogP contribution in [0.15, 0.2) is 48.5 Å². The molecule has 0 bridgehead atoms. The predicted octanol–water partition coefficient (Wildman–Crippen LogP) is 4.10. The van der Waals surface area contributed by atoms with E-state index in [0.717, 1.165) is 11.1 Å². The number of nitrogens with one attached hydrogen (secondary N) is 1. The van der Waals surface area contributed by atoms with Crippen LogP contribution in [0.25, 0.3) is 6.08 Å². The Balaban J connectivity index is 1.98. The molecule has 24 heavy (non-hydrogen) atoms. The topological polar surface area (TPSA) is 72.2 Å². The van der Waals surface area contributed by atoms with Gasteiger partial charge in [0.1, 0.15) is 0 Å². The minimum Gasteiger partial charge on any atom is -0.346 e. The number of hydrogen-bond acceptors (Lipinski definition) is 3. The molecule has 2 rings (SSSR count). The van der Waals surface area contributed by atoms with E-state index < -0.39 is 4.92 Å². The van der Waals surface area contributed by atoms with Crippen LogP contribution in [0, 0.1) is 24.0 Å². The number of hydrogen-bond donors (Lipinski definition) is 1. The fraction of sp³-hybridized carbons (Fsp3) is 0.211. The quantitative estimate of drug-likeness (QED) is 0.511. The highest BCUT2D eigenvalue weighted by Crippen LogP contribution is 2.17.